The Labute approximate surface area is 128 Å². The van der Waals surface area contributed by atoms with Crippen molar-refractivity contribution >= 4 is 17.4 Å². The first-order valence-corrected chi connectivity index (χ1v) is 7.71. The summed E-state index contributed by atoms with van der Waals surface area (Å²) in [7, 11) is 0. The highest BCUT2D eigenvalue weighted by atomic mass is 32.2. The summed E-state index contributed by atoms with van der Waals surface area (Å²) in [5, 5.41) is 4.13. The largest absolute Gasteiger partial charge is 0.399 e. The third-order valence-corrected chi connectivity index (χ3v) is 4.39. The Balaban J connectivity index is 1.72. The number of nitrogen functional groups attached to an aromatic ring is 1. The zero-order valence-corrected chi connectivity index (χ0v) is 12.6. The van der Waals surface area contributed by atoms with Crippen LogP contribution >= 0.6 is 11.8 Å². The monoisotopic (exact) mass is 296 g/mol. The maximum Gasteiger partial charge on any atom is 0.147 e. The lowest BCUT2D eigenvalue weighted by atomic mass is 10.1. The fourth-order valence-electron chi connectivity index (χ4n) is 2.05. The van der Waals surface area contributed by atoms with Crippen molar-refractivity contribution in [2.45, 2.75) is 17.6 Å². The van der Waals surface area contributed by atoms with Crippen molar-refractivity contribution in [3.63, 3.8) is 0 Å². The lowest BCUT2D eigenvalue weighted by Gasteiger charge is -2.04. The normalized spacial score (nSPS) is 10.7. The van der Waals surface area contributed by atoms with E-state index in [4.69, 9.17) is 10.3 Å². The number of anilines is 1. The Hall–Kier alpha value is -2.20. The van der Waals surface area contributed by atoms with Gasteiger partial charge in [0.1, 0.15) is 11.5 Å². The number of nitrogens with zero attached hydrogens (tertiary/aromatic N) is 1. The van der Waals surface area contributed by atoms with Gasteiger partial charge in [-0.15, -0.1) is 11.8 Å². The molecule has 0 saturated carbocycles. The minimum absolute atomic E-state index is 0.740. The topological polar surface area (TPSA) is 52.0 Å². The molecule has 4 heteroatoms. The average molecular weight is 296 g/mol. The van der Waals surface area contributed by atoms with Crippen molar-refractivity contribution in [1.82, 2.24) is 5.16 Å². The predicted octanol–water partition coefficient (Wildman–Crippen LogP) is 4.52. The van der Waals surface area contributed by atoms with E-state index in [1.54, 1.807) is 11.8 Å². The molecule has 0 saturated heterocycles. The van der Waals surface area contributed by atoms with Crippen LogP contribution in [0.25, 0.3) is 11.3 Å². The van der Waals surface area contributed by atoms with Gasteiger partial charge in [0.05, 0.1) is 5.75 Å². The van der Waals surface area contributed by atoms with Gasteiger partial charge in [-0.05, 0) is 24.6 Å². The van der Waals surface area contributed by atoms with E-state index in [1.165, 1.54) is 10.5 Å². The fraction of sp³-hybridized carbons (Fsp3) is 0.118. The molecule has 106 valence electrons. The lowest BCUT2D eigenvalue weighted by Crippen LogP contribution is -1.87. The predicted molar refractivity (Wildman–Crippen MR) is 87.1 cm³/mol. The first kappa shape index (κ1) is 13.8. The van der Waals surface area contributed by atoms with Crippen LogP contribution in [-0.4, -0.2) is 5.16 Å². The van der Waals surface area contributed by atoms with Gasteiger partial charge in [-0.1, -0.05) is 41.6 Å². The van der Waals surface area contributed by atoms with Gasteiger partial charge in [0.15, 0.2) is 0 Å². The van der Waals surface area contributed by atoms with E-state index >= 15 is 0 Å². The molecule has 3 rings (SSSR count). The van der Waals surface area contributed by atoms with Crippen LogP contribution in [0.1, 0.15) is 11.3 Å². The van der Waals surface area contributed by atoms with Gasteiger partial charge in [-0.2, -0.15) is 0 Å². The Morgan fingerprint density at radius 3 is 2.71 bits per heavy atom. The molecule has 2 N–H and O–H groups in total. The van der Waals surface area contributed by atoms with E-state index in [2.05, 4.69) is 12.1 Å². The SMILES string of the molecule is Cc1ccc(N)cc1SCc1cc(-c2ccccc2)no1. The molecule has 0 radical (unpaired) electrons. The van der Waals surface area contributed by atoms with Crippen LogP contribution in [0.2, 0.25) is 0 Å². The molecule has 0 amide bonds. The van der Waals surface area contributed by atoms with E-state index in [-0.39, 0.29) is 0 Å². The van der Waals surface area contributed by atoms with Crippen LogP contribution in [0.4, 0.5) is 5.69 Å². The first-order valence-electron chi connectivity index (χ1n) is 6.72. The Kier molecular flexibility index (Phi) is 3.97. The highest BCUT2D eigenvalue weighted by molar-refractivity contribution is 7.98. The van der Waals surface area contributed by atoms with Crippen molar-refractivity contribution in [3.05, 3.63) is 65.9 Å². The summed E-state index contributed by atoms with van der Waals surface area (Å²) in [5.74, 6) is 1.60. The molecule has 1 aromatic heterocycles. The van der Waals surface area contributed by atoms with Gasteiger partial charge in [0, 0.05) is 22.2 Å². The van der Waals surface area contributed by atoms with E-state index in [9.17, 15) is 0 Å². The third kappa shape index (κ3) is 3.28. The molecule has 0 bridgehead atoms. The second-order valence-electron chi connectivity index (χ2n) is 4.86. The van der Waals surface area contributed by atoms with Crippen LogP contribution < -0.4 is 5.73 Å². The van der Waals surface area contributed by atoms with E-state index in [1.807, 2.05) is 54.6 Å². The highest BCUT2D eigenvalue weighted by Crippen LogP contribution is 2.29. The highest BCUT2D eigenvalue weighted by Gasteiger charge is 2.08. The van der Waals surface area contributed by atoms with Gasteiger partial charge in [-0.3, -0.25) is 0 Å². The summed E-state index contributed by atoms with van der Waals surface area (Å²) in [4.78, 5) is 1.17. The fourth-order valence-corrected chi connectivity index (χ4v) is 3.00. The quantitative estimate of drug-likeness (QED) is 0.568. The zero-order valence-electron chi connectivity index (χ0n) is 11.7. The Bertz CT molecular complexity index is 738. The molecular formula is C17H16N2OS. The van der Waals surface area contributed by atoms with Crippen LogP contribution in [0.3, 0.4) is 0 Å². The van der Waals surface area contributed by atoms with Crippen LogP contribution in [0.15, 0.2) is 64.0 Å². The summed E-state index contributed by atoms with van der Waals surface area (Å²) in [5.41, 5.74) is 9.77. The summed E-state index contributed by atoms with van der Waals surface area (Å²) >= 11 is 1.71. The van der Waals surface area contributed by atoms with E-state index in [0.29, 0.717) is 0 Å². The molecule has 0 aliphatic carbocycles. The Morgan fingerprint density at radius 2 is 1.90 bits per heavy atom. The van der Waals surface area contributed by atoms with Gasteiger partial charge in [0.2, 0.25) is 0 Å². The number of aryl methyl sites for hydroxylation is 1. The van der Waals surface area contributed by atoms with Crippen molar-refractivity contribution in [3.8, 4) is 11.3 Å². The summed E-state index contributed by atoms with van der Waals surface area (Å²) < 4.78 is 5.41. The zero-order chi connectivity index (χ0) is 14.7. The molecule has 0 spiro atoms. The van der Waals surface area contributed by atoms with Crippen molar-refractivity contribution < 1.29 is 4.52 Å². The molecule has 0 atom stereocenters. The number of rotatable bonds is 4. The van der Waals surface area contributed by atoms with E-state index < -0.39 is 0 Å². The van der Waals surface area contributed by atoms with Crippen molar-refractivity contribution in [1.29, 1.82) is 0 Å². The van der Waals surface area contributed by atoms with Crippen LogP contribution in [-0.2, 0) is 5.75 Å². The molecule has 0 fully saturated rings. The van der Waals surface area contributed by atoms with Gasteiger partial charge in [0.25, 0.3) is 0 Å². The number of nitrogens with two attached hydrogens (primary N) is 1. The summed E-state index contributed by atoms with van der Waals surface area (Å²) in [6.07, 6.45) is 0. The maximum atomic E-state index is 5.83. The minimum Gasteiger partial charge on any atom is -0.399 e. The second-order valence-corrected chi connectivity index (χ2v) is 5.88. The van der Waals surface area contributed by atoms with Gasteiger partial charge in [-0.25, -0.2) is 0 Å². The molecule has 0 aliphatic heterocycles. The van der Waals surface area contributed by atoms with E-state index in [0.717, 1.165) is 28.5 Å². The molecular weight excluding hydrogens is 280 g/mol. The molecule has 1 heterocycles. The maximum absolute atomic E-state index is 5.83. The standard InChI is InChI=1S/C17H16N2OS/c1-12-7-8-14(18)9-17(12)21-11-15-10-16(19-20-15)13-5-3-2-4-6-13/h2-10H,11,18H2,1H3. The average Bonchev–Trinajstić information content (AvgIpc) is 2.98. The Morgan fingerprint density at radius 1 is 1.10 bits per heavy atom. The molecule has 2 aromatic carbocycles. The van der Waals surface area contributed by atoms with Crippen molar-refractivity contribution in [2.24, 2.45) is 0 Å². The summed E-state index contributed by atoms with van der Waals surface area (Å²) in [6.45, 7) is 2.08. The minimum atomic E-state index is 0.740. The first-order chi connectivity index (χ1) is 10.2. The number of thioether (sulfide) groups is 1. The van der Waals surface area contributed by atoms with Crippen LogP contribution in [0.5, 0.6) is 0 Å². The molecule has 3 nitrogen and oxygen atoms in total. The van der Waals surface area contributed by atoms with Crippen LogP contribution in [0, 0.1) is 6.92 Å². The number of hydrogen-bond acceptors (Lipinski definition) is 4. The smallest absolute Gasteiger partial charge is 0.147 e. The number of aromatic nitrogens is 1. The third-order valence-electron chi connectivity index (χ3n) is 3.21. The molecule has 21 heavy (non-hydrogen) atoms. The second kappa shape index (κ2) is 6.06. The lowest BCUT2D eigenvalue weighted by molar-refractivity contribution is 0.397. The number of benzene rings is 2. The molecule has 3 aromatic rings. The molecule has 0 aliphatic rings. The summed E-state index contributed by atoms with van der Waals surface area (Å²) in [6, 6.07) is 18.0. The number of hydrogen-bond donors (Lipinski definition) is 1. The van der Waals surface area contributed by atoms with Gasteiger partial charge < -0.3 is 10.3 Å². The van der Waals surface area contributed by atoms with Crippen molar-refractivity contribution in [2.75, 3.05) is 5.73 Å². The van der Waals surface area contributed by atoms with Gasteiger partial charge >= 0.3 is 0 Å². The molecule has 0 unspecified atom stereocenters.